The Bertz CT molecular complexity index is 822. The van der Waals surface area contributed by atoms with E-state index in [9.17, 15) is 4.79 Å². The number of nitrogens with zero attached hydrogens (tertiary/aromatic N) is 1. The molecule has 0 N–H and O–H groups in total. The fourth-order valence-corrected chi connectivity index (χ4v) is 4.19. The van der Waals surface area contributed by atoms with Crippen LogP contribution in [0.25, 0.3) is 0 Å². The average Bonchev–Trinajstić information content (AvgIpc) is 3.17. The first-order valence-corrected chi connectivity index (χ1v) is 9.80. The van der Waals surface area contributed by atoms with Crippen LogP contribution >= 0.6 is 0 Å². The average molecular weight is 365 g/mol. The Balaban J connectivity index is 1.56. The minimum atomic E-state index is 0.172. The Morgan fingerprint density at radius 3 is 2.59 bits per heavy atom. The highest BCUT2D eigenvalue weighted by Gasteiger charge is 2.29. The Morgan fingerprint density at radius 2 is 1.89 bits per heavy atom. The molecule has 27 heavy (non-hydrogen) atoms. The lowest BCUT2D eigenvalue weighted by Gasteiger charge is -2.25. The second-order valence-corrected chi connectivity index (χ2v) is 7.68. The summed E-state index contributed by atoms with van der Waals surface area (Å²) < 4.78 is 11.3. The van der Waals surface area contributed by atoms with Crippen LogP contribution < -0.4 is 9.47 Å². The summed E-state index contributed by atoms with van der Waals surface area (Å²) in [6.07, 6.45) is 5.66. The minimum Gasteiger partial charge on any atom is -0.497 e. The highest BCUT2D eigenvalue weighted by atomic mass is 16.5. The van der Waals surface area contributed by atoms with Crippen molar-refractivity contribution in [1.29, 1.82) is 0 Å². The van der Waals surface area contributed by atoms with E-state index < -0.39 is 0 Å². The van der Waals surface area contributed by atoms with E-state index in [1.165, 1.54) is 36.8 Å². The van der Waals surface area contributed by atoms with Gasteiger partial charge in [0.05, 0.1) is 19.2 Å². The third-order valence-electron chi connectivity index (χ3n) is 5.87. The zero-order valence-electron chi connectivity index (χ0n) is 16.2. The molecule has 4 heteroatoms. The van der Waals surface area contributed by atoms with Crippen LogP contribution in [0.2, 0.25) is 0 Å². The molecule has 0 unspecified atom stereocenters. The van der Waals surface area contributed by atoms with Crippen LogP contribution in [0.5, 0.6) is 11.5 Å². The summed E-state index contributed by atoms with van der Waals surface area (Å²) in [6.45, 7) is 3.07. The number of ether oxygens (including phenoxy) is 2. The van der Waals surface area contributed by atoms with Gasteiger partial charge in [0.25, 0.3) is 0 Å². The highest BCUT2D eigenvalue weighted by molar-refractivity contribution is 6.00. The van der Waals surface area contributed by atoms with E-state index >= 15 is 0 Å². The zero-order valence-corrected chi connectivity index (χ0v) is 16.2. The predicted octanol–water partition coefficient (Wildman–Crippen LogP) is 4.37. The number of ketones is 1. The van der Waals surface area contributed by atoms with Crippen LogP contribution in [0, 0.1) is 6.92 Å². The Hall–Kier alpha value is -2.33. The van der Waals surface area contributed by atoms with Gasteiger partial charge in [0.15, 0.2) is 5.78 Å². The van der Waals surface area contributed by atoms with E-state index in [4.69, 9.17) is 9.47 Å². The molecule has 0 radical (unpaired) electrons. The number of aryl methyl sites for hydroxylation is 1. The fraction of sp³-hybridized carbons (Fsp3) is 0.435. The topological polar surface area (TPSA) is 38.8 Å². The molecule has 0 amide bonds. The number of methoxy groups -OCH3 is 1. The van der Waals surface area contributed by atoms with E-state index in [2.05, 4.69) is 24.0 Å². The molecule has 0 spiro atoms. The van der Waals surface area contributed by atoms with Gasteiger partial charge in [-0.3, -0.25) is 9.69 Å². The summed E-state index contributed by atoms with van der Waals surface area (Å²) in [6, 6.07) is 12.7. The zero-order chi connectivity index (χ0) is 18.8. The van der Waals surface area contributed by atoms with E-state index in [0.29, 0.717) is 19.3 Å². The van der Waals surface area contributed by atoms with Crippen molar-refractivity contribution in [2.24, 2.45) is 0 Å². The molecule has 2 aliphatic rings. The van der Waals surface area contributed by atoms with Crippen LogP contribution in [-0.2, 0) is 6.42 Å². The van der Waals surface area contributed by atoms with Crippen LogP contribution in [0.15, 0.2) is 36.4 Å². The minimum absolute atomic E-state index is 0.172. The number of hydrogen-bond acceptors (Lipinski definition) is 4. The van der Waals surface area contributed by atoms with Crippen molar-refractivity contribution in [2.45, 2.75) is 45.1 Å². The first-order chi connectivity index (χ1) is 13.1. The molecular formula is C23H27NO3. The van der Waals surface area contributed by atoms with E-state index in [1.54, 1.807) is 7.11 Å². The third kappa shape index (κ3) is 3.86. The van der Waals surface area contributed by atoms with E-state index in [-0.39, 0.29) is 5.78 Å². The molecule has 0 saturated heterocycles. The van der Waals surface area contributed by atoms with Crippen molar-refractivity contribution in [3.8, 4) is 11.5 Å². The summed E-state index contributed by atoms with van der Waals surface area (Å²) in [4.78, 5) is 15.1. The van der Waals surface area contributed by atoms with Gasteiger partial charge in [-0.2, -0.15) is 0 Å². The van der Waals surface area contributed by atoms with Gasteiger partial charge < -0.3 is 9.47 Å². The largest absolute Gasteiger partial charge is 0.497 e. The van der Waals surface area contributed by atoms with Gasteiger partial charge in [-0.25, -0.2) is 0 Å². The van der Waals surface area contributed by atoms with Crippen molar-refractivity contribution < 1.29 is 14.3 Å². The molecule has 2 aromatic rings. The first-order valence-electron chi connectivity index (χ1n) is 9.80. The predicted molar refractivity (Wildman–Crippen MR) is 106 cm³/mol. The third-order valence-corrected chi connectivity index (χ3v) is 5.87. The van der Waals surface area contributed by atoms with Gasteiger partial charge in [0.2, 0.25) is 0 Å². The molecule has 1 fully saturated rings. The lowest BCUT2D eigenvalue weighted by atomic mass is 9.96. The maximum atomic E-state index is 12.9. The van der Waals surface area contributed by atoms with Crippen LogP contribution in [0.4, 0.5) is 0 Å². The number of hydrogen-bond donors (Lipinski definition) is 0. The molecule has 142 valence electrons. The van der Waals surface area contributed by atoms with Crippen molar-refractivity contribution in [3.05, 3.63) is 58.7 Å². The molecule has 1 aliphatic carbocycles. The molecule has 1 heterocycles. The number of rotatable bonds is 4. The number of carbonyl (C=O) groups excluding carboxylic acids is 1. The second kappa shape index (κ2) is 7.73. The summed E-state index contributed by atoms with van der Waals surface area (Å²) in [5.74, 6) is 1.76. The standard InChI is InChI=1S/C23H27NO3/c1-16-11-23-21(13-18(16)12-17-7-9-20(26-2)10-8-17)22(25)14-24(15-27-23)19-5-3-4-6-19/h7-11,13,19H,3-6,12,14-15H2,1-2H3. The van der Waals surface area contributed by atoms with E-state index in [0.717, 1.165) is 29.0 Å². The number of benzene rings is 2. The van der Waals surface area contributed by atoms with Crippen LogP contribution in [0.3, 0.4) is 0 Å². The quantitative estimate of drug-likeness (QED) is 0.806. The monoisotopic (exact) mass is 365 g/mol. The molecular weight excluding hydrogens is 338 g/mol. The summed E-state index contributed by atoms with van der Waals surface area (Å²) in [5.41, 5.74) is 4.26. The van der Waals surface area contributed by atoms with Gasteiger partial charge in [0.1, 0.15) is 18.2 Å². The maximum absolute atomic E-state index is 12.9. The Labute approximate surface area is 161 Å². The normalized spacial score (nSPS) is 18.1. The van der Waals surface area contributed by atoms with Gasteiger partial charge in [-0.1, -0.05) is 25.0 Å². The molecule has 1 saturated carbocycles. The lowest BCUT2D eigenvalue weighted by Crippen LogP contribution is -2.38. The van der Waals surface area contributed by atoms with Crippen LogP contribution in [-0.4, -0.2) is 37.1 Å². The van der Waals surface area contributed by atoms with Crippen molar-refractivity contribution in [1.82, 2.24) is 4.90 Å². The van der Waals surface area contributed by atoms with Gasteiger partial charge in [-0.05, 0) is 67.1 Å². The second-order valence-electron chi connectivity index (χ2n) is 7.68. The molecule has 4 nitrogen and oxygen atoms in total. The van der Waals surface area contributed by atoms with Gasteiger partial charge >= 0.3 is 0 Å². The Morgan fingerprint density at radius 1 is 1.15 bits per heavy atom. The summed E-state index contributed by atoms with van der Waals surface area (Å²) in [5, 5.41) is 0. The Kier molecular flexibility index (Phi) is 5.17. The molecule has 0 aromatic heterocycles. The molecule has 0 bridgehead atoms. The molecule has 0 atom stereocenters. The number of Topliss-reactive ketones (excluding diaryl/α,β-unsaturated/α-hetero) is 1. The molecule has 4 rings (SSSR count). The highest BCUT2D eigenvalue weighted by Crippen LogP contribution is 2.31. The summed E-state index contributed by atoms with van der Waals surface area (Å²) in [7, 11) is 1.67. The molecule has 2 aromatic carbocycles. The smallest absolute Gasteiger partial charge is 0.180 e. The fourth-order valence-electron chi connectivity index (χ4n) is 4.19. The summed E-state index contributed by atoms with van der Waals surface area (Å²) >= 11 is 0. The number of carbonyl (C=O) groups is 1. The molecule has 1 aliphatic heterocycles. The van der Waals surface area contributed by atoms with Crippen LogP contribution in [0.1, 0.15) is 52.7 Å². The van der Waals surface area contributed by atoms with Crippen molar-refractivity contribution in [2.75, 3.05) is 20.4 Å². The first kappa shape index (κ1) is 18.1. The van der Waals surface area contributed by atoms with Gasteiger partial charge in [0, 0.05) is 6.04 Å². The van der Waals surface area contributed by atoms with Crippen molar-refractivity contribution >= 4 is 5.78 Å². The maximum Gasteiger partial charge on any atom is 0.180 e. The van der Waals surface area contributed by atoms with Gasteiger partial charge in [-0.15, -0.1) is 0 Å². The van der Waals surface area contributed by atoms with E-state index in [1.807, 2.05) is 24.3 Å². The SMILES string of the molecule is COc1ccc(Cc2cc3c(cc2C)OCN(C2CCCC2)CC3=O)cc1. The number of fused-ring (bicyclic) bond motifs is 1. The lowest BCUT2D eigenvalue weighted by molar-refractivity contribution is 0.0749. The van der Waals surface area contributed by atoms with Crippen molar-refractivity contribution in [3.63, 3.8) is 0 Å².